The third-order valence-electron chi connectivity index (χ3n) is 4.72. The zero-order chi connectivity index (χ0) is 22.9. The van der Waals surface area contributed by atoms with Crippen LogP contribution in [-0.2, 0) is 14.1 Å². The summed E-state index contributed by atoms with van der Waals surface area (Å²) in [5.74, 6) is -0.638. The highest BCUT2D eigenvalue weighted by molar-refractivity contribution is 7.00. The number of hydrogen-bond donors (Lipinski definition) is 0. The largest absolute Gasteiger partial charge is 0.496 e. The summed E-state index contributed by atoms with van der Waals surface area (Å²) >= 11 is 0. The van der Waals surface area contributed by atoms with Gasteiger partial charge in [0, 0.05) is 0 Å². The van der Waals surface area contributed by atoms with Crippen molar-refractivity contribution in [3.63, 3.8) is 0 Å². The van der Waals surface area contributed by atoms with E-state index in [0.29, 0.717) is 30.1 Å². The fourth-order valence-electron chi connectivity index (χ4n) is 3.21. The average molecular weight is 442 g/mol. The van der Waals surface area contributed by atoms with Crippen LogP contribution in [0.4, 0.5) is 0 Å². The molecule has 1 aromatic rings. The molecule has 6 nitrogen and oxygen atoms in total. The van der Waals surface area contributed by atoms with Crippen molar-refractivity contribution >= 4 is 20.9 Å². The second-order valence-electron chi connectivity index (χ2n) is 7.52. The number of hydrogen-bond acceptors (Lipinski definition) is 6. The first-order chi connectivity index (χ1) is 14.5. The SMILES string of the molecule is CCCCCCCCOC(=O)C(CC(C)C)C(=O)c1c(OC)cccc1OC.O=[PH2+]. The zero-order valence-corrected chi connectivity index (χ0v) is 20.2. The summed E-state index contributed by atoms with van der Waals surface area (Å²) in [6.45, 7) is 6.52. The van der Waals surface area contributed by atoms with Gasteiger partial charge in [0.25, 0.3) is 0 Å². The number of methoxy groups -OCH3 is 2. The first-order valence-corrected chi connectivity index (χ1v) is 11.1. The normalized spacial score (nSPS) is 11.3. The second kappa shape index (κ2) is 16.8. The van der Waals surface area contributed by atoms with E-state index in [0.717, 1.165) is 19.3 Å². The summed E-state index contributed by atoms with van der Waals surface area (Å²) in [6, 6.07) is 5.15. The van der Waals surface area contributed by atoms with Crippen LogP contribution in [0.5, 0.6) is 11.5 Å². The molecule has 0 aliphatic heterocycles. The van der Waals surface area contributed by atoms with Crippen LogP contribution in [0.1, 0.15) is 76.1 Å². The van der Waals surface area contributed by atoms with Crippen molar-refractivity contribution in [2.75, 3.05) is 20.8 Å². The maximum atomic E-state index is 13.2. The lowest BCUT2D eigenvalue weighted by molar-refractivity contribution is -0.147. The Morgan fingerprint density at radius 3 is 1.97 bits per heavy atom. The topological polar surface area (TPSA) is 78.9 Å². The Kier molecular flexibility index (Phi) is 15.7. The molecule has 1 aromatic carbocycles. The standard InChI is InChI=1S/C23H36O5.H2OP/c1-6-7-8-9-10-11-15-28-23(25)18(16-17(2)3)22(24)21-19(26-4)13-12-14-20(21)27-5;1-2/h12-14,17-18H,6-11,15-16H2,1-5H3;2H2/q;+1. The Hall–Kier alpha value is -1.94. The van der Waals surface area contributed by atoms with Gasteiger partial charge in [-0.05, 0) is 30.9 Å². The van der Waals surface area contributed by atoms with Gasteiger partial charge in [0.15, 0.2) is 5.78 Å². The molecule has 0 N–H and O–H groups in total. The molecule has 0 aliphatic rings. The minimum absolute atomic E-state index is 0.177. The minimum Gasteiger partial charge on any atom is -0.496 e. The van der Waals surface area contributed by atoms with Gasteiger partial charge in [0.1, 0.15) is 23.0 Å². The average Bonchev–Trinajstić information content (AvgIpc) is 2.76. The van der Waals surface area contributed by atoms with Crippen LogP contribution < -0.4 is 9.47 Å². The lowest BCUT2D eigenvalue weighted by Gasteiger charge is -2.19. The smallest absolute Gasteiger partial charge is 0.316 e. The monoisotopic (exact) mass is 441 g/mol. The van der Waals surface area contributed by atoms with E-state index in [1.54, 1.807) is 18.2 Å². The van der Waals surface area contributed by atoms with Gasteiger partial charge in [-0.1, -0.05) is 63.5 Å². The van der Waals surface area contributed by atoms with E-state index in [1.165, 1.54) is 42.6 Å². The van der Waals surface area contributed by atoms with Gasteiger partial charge >= 0.3 is 15.1 Å². The van der Waals surface area contributed by atoms with Crippen LogP contribution in [0, 0.1) is 11.8 Å². The summed E-state index contributed by atoms with van der Waals surface area (Å²) in [6.07, 6.45) is 7.11. The molecule has 0 heterocycles. The third kappa shape index (κ3) is 9.71. The Bertz CT molecular complexity index is 610. The number of unbranched alkanes of at least 4 members (excludes halogenated alkanes) is 5. The van der Waals surface area contributed by atoms with Crippen LogP contribution in [0.15, 0.2) is 18.2 Å². The Labute approximate surface area is 183 Å². The molecule has 2 unspecified atom stereocenters. The van der Waals surface area contributed by atoms with Crippen molar-refractivity contribution in [3.8, 4) is 11.5 Å². The van der Waals surface area contributed by atoms with Crippen molar-refractivity contribution < 1.29 is 28.4 Å². The molecule has 0 amide bonds. The molecule has 30 heavy (non-hydrogen) atoms. The van der Waals surface area contributed by atoms with Crippen LogP contribution >= 0.6 is 9.12 Å². The molecule has 7 heteroatoms. The van der Waals surface area contributed by atoms with Crippen molar-refractivity contribution in [3.05, 3.63) is 23.8 Å². The molecule has 1 rings (SSSR count). The van der Waals surface area contributed by atoms with E-state index in [2.05, 4.69) is 6.92 Å². The van der Waals surface area contributed by atoms with Crippen LogP contribution in [0.2, 0.25) is 0 Å². The van der Waals surface area contributed by atoms with E-state index in [1.807, 2.05) is 13.8 Å². The van der Waals surface area contributed by atoms with Crippen molar-refractivity contribution in [2.45, 2.75) is 65.7 Å². The molecule has 0 fully saturated rings. The summed E-state index contributed by atoms with van der Waals surface area (Å²) in [5.41, 5.74) is 0.301. The molecule has 0 saturated carbocycles. The molecular formula is C23H38O6P+. The predicted octanol–water partition coefficient (Wildman–Crippen LogP) is 5.66. The van der Waals surface area contributed by atoms with Gasteiger partial charge in [0.2, 0.25) is 0 Å². The highest BCUT2D eigenvalue weighted by atomic mass is 31.0. The molecular weight excluding hydrogens is 403 g/mol. The Morgan fingerprint density at radius 1 is 0.933 bits per heavy atom. The maximum absolute atomic E-state index is 13.2. The van der Waals surface area contributed by atoms with Gasteiger partial charge in [-0.2, -0.15) is 0 Å². The molecule has 0 aromatic heterocycles. The van der Waals surface area contributed by atoms with Crippen molar-refractivity contribution in [2.24, 2.45) is 11.8 Å². The summed E-state index contributed by atoms with van der Waals surface area (Å²) in [5, 5.41) is 0. The molecule has 0 aliphatic carbocycles. The highest BCUT2D eigenvalue weighted by Gasteiger charge is 2.33. The zero-order valence-electron chi connectivity index (χ0n) is 19.1. The van der Waals surface area contributed by atoms with E-state index < -0.39 is 11.9 Å². The van der Waals surface area contributed by atoms with E-state index in [4.69, 9.17) is 18.8 Å². The lowest BCUT2D eigenvalue weighted by Crippen LogP contribution is -2.28. The Morgan fingerprint density at radius 2 is 1.47 bits per heavy atom. The fraction of sp³-hybridized carbons (Fsp3) is 0.652. The van der Waals surface area contributed by atoms with Crippen LogP contribution in [0.25, 0.3) is 0 Å². The third-order valence-corrected chi connectivity index (χ3v) is 4.72. The number of benzene rings is 1. The molecule has 2 atom stereocenters. The summed E-state index contributed by atoms with van der Waals surface area (Å²) in [7, 11) is 4.17. The number of carbonyl (C=O) groups is 2. The fourth-order valence-corrected chi connectivity index (χ4v) is 3.21. The second-order valence-corrected chi connectivity index (χ2v) is 7.52. The summed E-state index contributed by atoms with van der Waals surface area (Å²) in [4.78, 5) is 25.9. The minimum atomic E-state index is -0.856. The van der Waals surface area contributed by atoms with Crippen LogP contribution in [0.3, 0.4) is 0 Å². The number of rotatable bonds is 14. The van der Waals surface area contributed by atoms with Crippen molar-refractivity contribution in [1.29, 1.82) is 0 Å². The molecule has 170 valence electrons. The predicted molar refractivity (Wildman–Crippen MR) is 122 cm³/mol. The first kappa shape index (κ1) is 28.1. The molecule has 0 radical (unpaired) electrons. The quantitative estimate of drug-likeness (QED) is 0.122. The number of ketones is 1. The molecule has 0 spiro atoms. The highest BCUT2D eigenvalue weighted by Crippen LogP contribution is 2.32. The molecule has 0 bridgehead atoms. The first-order valence-electron chi connectivity index (χ1n) is 10.6. The number of carbonyl (C=O) groups excluding carboxylic acids is 2. The number of esters is 1. The van der Waals surface area contributed by atoms with Gasteiger partial charge in [0.05, 0.1) is 20.8 Å². The van der Waals surface area contributed by atoms with Gasteiger partial charge in [-0.25, -0.2) is 0 Å². The van der Waals surface area contributed by atoms with Gasteiger partial charge in [-0.3, -0.25) is 9.59 Å². The molecule has 0 saturated heterocycles. The maximum Gasteiger partial charge on any atom is 0.316 e. The number of Topliss-reactive ketones (excluding diaryl/α,β-unsaturated/α-hetero) is 1. The summed E-state index contributed by atoms with van der Waals surface area (Å²) < 4.78 is 24.3. The van der Waals surface area contributed by atoms with E-state index in [-0.39, 0.29) is 11.7 Å². The van der Waals surface area contributed by atoms with Gasteiger partial charge in [-0.15, -0.1) is 0 Å². The Balaban J connectivity index is 0.00000407. The van der Waals surface area contributed by atoms with Gasteiger partial charge < -0.3 is 14.2 Å². The number of ether oxygens (including phenoxy) is 3. The van der Waals surface area contributed by atoms with E-state index >= 15 is 0 Å². The van der Waals surface area contributed by atoms with Crippen LogP contribution in [-0.4, -0.2) is 32.6 Å². The van der Waals surface area contributed by atoms with E-state index in [9.17, 15) is 9.59 Å². The lowest BCUT2D eigenvalue weighted by atomic mass is 9.89. The van der Waals surface area contributed by atoms with Crippen molar-refractivity contribution in [1.82, 2.24) is 0 Å².